The molecule has 2 N–H and O–H groups in total. The van der Waals surface area contributed by atoms with Crippen LogP contribution in [-0.2, 0) is 15.7 Å². The van der Waals surface area contributed by atoms with Gasteiger partial charge in [0.2, 0.25) is 0 Å². The lowest BCUT2D eigenvalue weighted by Gasteiger charge is -2.24. The first kappa shape index (κ1) is 21.8. The third kappa shape index (κ3) is 4.80. The quantitative estimate of drug-likeness (QED) is 0.652. The number of allylic oxidation sites excluding steroid dienone is 4. The van der Waals surface area contributed by atoms with Crippen molar-refractivity contribution in [2.45, 2.75) is 45.0 Å². The molecule has 2 atom stereocenters. The van der Waals surface area contributed by atoms with Crippen molar-refractivity contribution in [2.75, 3.05) is 6.61 Å². The third-order valence-electron chi connectivity index (χ3n) is 4.86. The van der Waals surface area contributed by atoms with Crippen LogP contribution in [-0.4, -0.2) is 40.0 Å². The SMILES string of the molecule is CC(C)(COC1=CCC(C2=CCC(c3ncc(C(F)(F)F)[nH]3)C=N2)=CC1F)C(=O)O. The number of rotatable bonds is 6. The lowest BCUT2D eigenvalue weighted by molar-refractivity contribution is -0.149. The average Bonchev–Trinajstić information content (AvgIpc) is 3.18. The molecule has 0 fully saturated rings. The van der Waals surface area contributed by atoms with E-state index >= 15 is 0 Å². The van der Waals surface area contributed by atoms with Gasteiger partial charge in [-0.2, -0.15) is 13.2 Å². The predicted molar refractivity (Wildman–Crippen MR) is 101 cm³/mol. The second kappa shape index (κ2) is 8.08. The largest absolute Gasteiger partial charge is 0.494 e. The number of alkyl halides is 4. The first-order valence-electron chi connectivity index (χ1n) is 9.25. The number of aliphatic carboxylic acids is 1. The number of carboxylic acids is 1. The molecule has 2 unspecified atom stereocenters. The van der Waals surface area contributed by atoms with E-state index in [1.54, 1.807) is 12.2 Å². The molecule has 0 aromatic carbocycles. The lowest BCUT2D eigenvalue weighted by atomic mass is 9.94. The summed E-state index contributed by atoms with van der Waals surface area (Å²) in [4.78, 5) is 21.4. The number of ether oxygens (including phenoxy) is 1. The highest BCUT2D eigenvalue weighted by atomic mass is 19.4. The fraction of sp³-hybridized carbons (Fsp3) is 0.450. The Morgan fingerprint density at radius 3 is 2.60 bits per heavy atom. The van der Waals surface area contributed by atoms with Crippen LogP contribution in [0, 0.1) is 5.41 Å². The number of aromatic amines is 1. The molecule has 1 aromatic rings. The number of hydrogen-bond acceptors (Lipinski definition) is 4. The predicted octanol–water partition coefficient (Wildman–Crippen LogP) is 4.55. The zero-order valence-electron chi connectivity index (χ0n) is 16.3. The van der Waals surface area contributed by atoms with E-state index in [-0.39, 0.29) is 18.2 Å². The van der Waals surface area contributed by atoms with Crippen molar-refractivity contribution in [3.63, 3.8) is 0 Å². The highest BCUT2D eigenvalue weighted by molar-refractivity contribution is 5.73. The van der Waals surface area contributed by atoms with Gasteiger partial charge in [-0.3, -0.25) is 9.79 Å². The van der Waals surface area contributed by atoms with Crippen molar-refractivity contribution in [3.8, 4) is 0 Å². The van der Waals surface area contributed by atoms with Crippen LogP contribution in [0.1, 0.15) is 44.1 Å². The molecule has 1 aliphatic heterocycles. The maximum absolute atomic E-state index is 14.5. The third-order valence-corrected chi connectivity index (χ3v) is 4.86. The average molecular weight is 427 g/mol. The molecule has 3 rings (SSSR count). The molecule has 6 nitrogen and oxygen atoms in total. The molecular weight excluding hydrogens is 406 g/mol. The monoisotopic (exact) mass is 427 g/mol. The van der Waals surface area contributed by atoms with Crippen molar-refractivity contribution in [1.29, 1.82) is 0 Å². The number of H-pyrrole nitrogens is 1. The molecule has 0 saturated heterocycles. The minimum atomic E-state index is -4.49. The van der Waals surface area contributed by atoms with Crippen molar-refractivity contribution in [3.05, 3.63) is 53.0 Å². The van der Waals surface area contributed by atoms with E-state index in [2.05, 4.69) is 15.0 Å². The number of aromatic nitrogens is 2. The molecule has 0 spiro atoms. The van der Waals surface area contributed by atoms with Crippen LogP contribution in [0.3, 0.4) is 0 Å². The van der Waals surface area contributed by atoms with Gasteiger partial charge in [-0.1, -0.05) is 6.08 Å². The molecule has 0 saturated carbocycles. The molecule has 0 amide bonds. The fourth-order valence-electron chi connectivity index (χ4n) is 2.89. The van der Waals surface area contributed by atoms with Gasteiger partial charge in [-0.05, 0) is 44.4 Å². The van der Waals surface area contributed by atoms with E-state index in [9.17, 15) is 22.4 Å². The van der Waals surface area contributed by atoms with E-state index in [4.69, 9.17) is 9.84 Å². The first-order chi connectivity index (χ1) is 14.0. The van der Waals surface area contributed by atoms with Crippen LogP contribution in [0.15, 0.2) is 46.4 Å². The zero-order valence-corrected chi connectivity index (χ0v) is 16.3. The number of carboxylic acid groups (broad SMARTS) is 1. The molecule has 162 valence electrons. The van der Waals surface area contributed by atoms with E-state index in [0.717, 1.165) is 6.20 Å². The molecule has 30 heavy (non-hydrogen) atoms. The van der Waals surface area contributed by atoms with Crippen LogP contribution in [0.25, 0.3) is 0 Å². The molecule has 0 bridgehead atoms. The van der Waals surface area contributed by atoms with Crippen LogP contribution in [0.2, 0.25) is 0 Å². The van der Waals surface area contributed by atoms with Gasteiger partial charge >= 0.3 is 12.1 Å². The van der Waals surface area contributed by atoms with Crippen LogP contribution >= 0.6 is 0 Å². The van der Waals surface area contributed by atoms with E-state index in [1.807, 2.05) is 0 Å². The zero-order chi connectivity index (χ0) is 22.1. The number of carbonyl (C=O) groups is 1. The molecular formula is C20H21F4N3O3. The Labute approximate surface area is 170 Å². The van der Waals surface area contributed by atoms with Crippen molar-refractivity contribution in [1.82, 2.24) is 9.97 Å². The van der Waals surface area contributed by atoms with E-state index in [1.165, 1.54) is 26.1 Å². The molecule has 2 heterocycles. The normalized spacial score (nSPS) is 22.3. The summed E-state index contributed by atoms with van der Waals surface area (Å²) in [7, 11) is 0. The number of nitrogens with zero attached hydrogens (tertiary/aromatic N) is 2. The number of imidazole rings is 1. The Balaban J connectivity index is 1.60. The minimum Gasteiger partial charge on any atom is -0.494 e. The topological polar surface area (TPSA) is 87.6 Å². The maximum Gasteiger partial charge on any atom is 0.432 e. The van der Waals surface area contributed by atoms with Crippen LogP contribution in [0.5, 0.6) is 0 Å². The highest BCUT2D eigenvalue weighted by Gasteiger charge is 2.34. The Morgan fingerprint density at radius 2 is 2.07 bits per heavy atom. The van der Waals surface area contributed by atoms with E-state index in [0.29, 0.717) is 24.1 Å². The van der Waals surface area contributed by atoms with Gasteiger partial charge in [0.15, 0.2) is 6.17 Å². The minimum absolute atomic E-state index is 0.0570. The summed E-state index contributed by atoms with van der Waals surface area (Å²) in [5, 5.41) is 9.10. The summed E-state index contributed by atoms with van der Waals surface area (Å²) in [5.74, 6) is -1.25. The molecule has 0 radical (unpaired) electrons. The molecule has 1 aromatic heterocycles. The van der Waals surface area contributed by atoms with Gasteiger partial charge in [0.25, 0.3) is 0 Å². The van der Waals surface area contributed by atoms with Crippen LogP contribution < -0.4 is 0 Å². The van der Waals surface area contributed by atoms with E-state index < -0.39 is 35.3 Å². The Kier molecular flexibility index (Phi) is 5.87. The second-order valence-electron chi connectivity index (χ2n) is 7.77. The van der Waals surface area contributed by atoms with Gasteiger partial charge in [-0.25, -0.2) is 9.37 Å². The van der Waals surface area contributed by atoms with Gasteiger partial charge in [0.1, 0.15) is 23.9 Å². The summed E-state index contributed by atoms with van der Waals surface area (Å²) < 4.78 is 57.9. The van der Waals surface area contributed by atoms with Crippen molar-refractivity contribution in [2.24, 2.45) is 10.4 Å². The number of halogens is 4. The number of hydrogen-bond donors (Lipinski definition) is 2. The van der Waals surface area contributed by atoms with Crippen LogP contribution in [0.4, 0.5) is 17.6 Å². The Morgan fingerprint density at radius 1 is 1.33 bits per heavy atom. The Bertz CT molecular complexity index is 941. The summed E-state index contributed by atoms with van der Waals surface area (Å²) >= 11 is 0. The lowest BCUT2D eigenvalue weighted by Crippen LogP contribution is -2.30. The Hall–Kier alpha value is -2.91. The van der Waals surface area contributed by atoms with Crippen molar-refractivity contribution < 1.29 is 32.2 Å². The van der Waals surface area contributed by atoms with Gasteiger partial charge < -0.3 is 14.8 Å². The first-order valence-corrected chi connectivity index (χ1v) is 9.25. The highest BCUT2D eigenvalue weighted by Crippen LogP contribution is 2.33. The standard InChI is InChI=1S/C20H21F4N3O3/c1-19(2,18(28)29)10-30-15-6-4-11(7-13(15)21)14-5-3-12(8-25-14)17-26-9-16(27-17)20(22,23)24/h5-9,12-13H,3-4,10H2,1-2H3,(H,26,27)(H,28,29). The molecule has 10 heteroatoms. The summed E-state index contributed by atoms with van der Waals surface area (Å²) in [6.45, 7) is 2.81. The van der Waals surface area contributed by atoms with Gasteiger partial charge in [0, 0.05) is 6.21 Å². The summed E-state index contributed by atoms with van der Waals surface area (Å²) in [6.07, 6.45) is 1.55. The summed E-state index contributed by atoms with van der Waals surface area (Å²) in [6, 6.07) is 0. The maximum atomic E-state index is 14.5. The molecule has 1 aliphatic carbocycles. The van der Waals surface area contributed by atoms with Gasteiger partial charge in [-0.15, -0.1) is 0 Å². The number of aliphatic imine (C=N–C) groups is 1. The summed E-state index contributed by atoms with van der Waals surface area (Å²) in [5.41, 5.74) is -0.900. The number of nitrogens with one attached hydrogen (secondary N) is 1. The smallest absolute Gasteiger partial charge is 0.432 e. The van der Waals surface area contributed by atoms with Gasteiger partial charge in [0.05, 0.1) is 23.2 Å². The fourth-order valence-corrected chi connectivity index (χ4v) is 2.89. The molecule has 2 aliphatic rings. The van der Waals surface area contributed by atoms with Crippen molar-refractivity contribution >= 4 is 12.2 Å². The second-order valence-corrected chi connectivity index (χ2v) is 7.77.